The van der Waals surface area contributed by atoms with Gasteiger partial charge in [-0.25, -0.2) is 19.9 Å². The van der Waals surface area contributed by atoms with Crippen LogP contribution in [0.25, 0.3) is 66.9 Å². The van der Waals surface area contributed by atoms with Gasteiger partial charge < -0.3 is 34.8 Å². The summed E-state index contributed by atoms with van der Waals surface area (Å²) >= 11 is 0. The molecule has 8 aromatic rings. The van der Waals surface area contributed by atoms with Crippen molar-refractivity contribution < 1.29 is 23.8 Å². The molecule has 0 spiro atoms. The minimum absolute atomic E-state index is 0.00678. The third-order valence-corrected chi connectivity index (χ3v) is 13.2. The summed E-state index contributed by atoms with van der Waals surface area (Å²) < 4.78 is 26.7. The van der Waals surface area contributed by atoms with Crippen LogP contribution in [0.5, 0.6) is 11.5 Å². The molecule has 2 fully saturated rings. The predicted octanol–water partition coefficient (Wildman–Crippen LogP) is 6.53. The summed E-state index contributed by atoms with van der Waals surface area (Å²) in [5, 5.41) is 12.6. The molecule has 1 saturated heterocycles. The van der Waals surface area contributed by atoms with Crippen molar-refractivity contribution in [2.24, 2.45) is 11.5 Å². The lowest BCUT2D eigenvalue weighted by molar-refractivity contribution is 0.0358. The first-order valence-corrected chi connectivity index (χ1v) is 22.9. The second kappa shape index (κ2) is 17.5. The number of ether oxygens (including phenoxy) is 3. The van der Waals surface area contributed by atoms with Crippen molar-refractivity contribution in [3.8, 4) is 34.5 Å². The van der Waals surface area contributed by atoms with Gasteiger partial charge in [0.1, 0.15) is 34.2 Å². The van der Waals surface area contributed by atoms with Crippen LogP contribution in [-0.2, 0) is 17.8 Å². The first-order valence-electron chi connectivity index (χ1n) is 22.9. The third-order valence-electron chi connectivity index (χ3n) is 13.2. The molecular formula is C48H55N13O5. The molecular weight excluding hydrogens is 839 g/mol. The molecule has 18 heteroatoms. The molecule has 2 aliphatic rings. The number of primary amides is 2. The fraction of sp³-hybridized carbons (Fsp3) is 0.417. The van der Waals surface area contributed by atoms with Crippen LogP contribution >= 0.6 is 0 Å². The number of fused-ring (bicyclic) bond motifs is 6. The zero-order chi connectivity index (χ0) is 45.8. The Kier molecular flexibility index (Phi) is 11.4. The van der Waals surface area contributed by atoms with Crippen molar-refractivity contribution >= 4 is 55.7 Å². The number of carbonyl (C=O) groups excluding carboxylic acids is 2. The average molecular weight is 894 g/mol. The number of benzene rings is 2. The second-order valence-electron chi connectivity index (χ2n) is 17.4. The number of hydrogen-bond donors (Lipinski definition) is 2. The van der Waals surface area contributed by atoms with Crippen molar-refractivity contribution in [1.29, 1.82) is 0 Å². The van der Waals surface area contributed by atoms with Crippen molar-refractivity contribution in [1.82, 2.24) is 53.5 Å². The number of rotatable bonds is 14. The van der Waals surface area contributed by atoms with Gasteiger partial charge in [0.15, 0.2) is 11.6 Å². The normalized spacial score (nSPS) is 17.1. The van der Waals surface area contributed by atoms with E-state index in [1.165, 1.54) is 0 Å². The maximum absolute atomic E-state index is 12.9. The highest BCUT2D eigenvalue weighted by atomic mass is 16.5. The quantitative estimate of drug-likeness (QED) is 0.112. The first-order chi connectivity index (χ1) is 32.0. The van der Waals surface area contributed by atoms with Gasteiger partial charge in [0.05, 0.1) is 49.4 Å². The van der Waals surface area contributed by atoms with Gasteiger partial charge in [-0.3, -0.25) is 23.9 Å². The number of methoxy groups -OCH3 is 1. The Morgan fingerprint density at radius 2 is 1.18 bits per heavy atom. The molecule has 0 unspecified atom stereocenters. The highest BCUT2D eigenvalue weighted by Gasteiger charge is 2.32. The molecule has 2 amide bonds. The summed E-state index contributed by atoms with van der Waals surface area (Å²) in [5.41, 5.74) is 19.1. The smallest absolute Gasteiger partial charge is 0.248 e. The van der Waals surface area contributed by atoms with Gasteiger partial charge in [-0.2, -0.15) is 10.2 Å². The molecule has 10 rings (SSSR count). The van der Waals surface area contributed by atoms with Crippen molar-refractivity contribution in [3.63, 3.8) is 0 Å². The highest BCUT2D eigenvalue weighted by Crippen LogP contribution is 2.47. The molecule has 6 aromatic heterocycles. The summed E-state index contributed by atoms with van der Waals surface area (Å²) in [4.78, 5) is 48.2. The van der Waals surface area contributed by atoms with Crippen LogP contribution in [0.1, 0.15) is 90.1 Å². The number of morpholine rings is 1. The Hall–Kier alpha value is -6.92. The molecule has 1 aliphatic heterocycles. The number of amides is 2. The van der Waals surface area contributed by atoms with E-state index >= 15 is 0 Å². The number of aromatic nitrogens is 10. The van der Waals surface area contributed by atoms with Crippen LogP contribution in [0, 0.1) is 13.8 Å². The van der Waals surface area contributed by atoms with E-state index in [-0.39, 0.29) is 12.1 Å². The van der Waals surface area contributed by atoms with E-state index in [0.717, 1.165) is 132 Å². The van der Waals surface area contributed by atoms with Gasteiger partial charge in [-0.05, 0) is 96.2 Å². The number of nitrogens with zero attached hydrogens (tertiary/aromatic N) is 11. The van der Waals surface area contributed by atoms with Crippen LogP contribution in [0.2, 0.25) is 0 Å². The molecule has 342 valence electrons. The maximum atomic E-state index is 12.9. The number of nitrogens with two attached hydrogens (primary N) is 2. The number of carbonyl (C=O) groups is 2. The monoisotopic (exact) mass is 893 g/mol. The van der Waals surface area contributed by atoms with Crippen LogP contribution in [-0.4, -0.2) is 112 Å². The Morgan fingerprint density at radius 1 is 0.697 bits per heavy atom. The van der Waals surface area contributed by atoms with Crippen LogP contribution in [0.3, 0.4) is 0 Å². The topological polar surface area (TPSA) is 214 Å². The second-order valence-corrected chi connectivity index (χ2v) is 17.4. The molecule has 0 bridgehead atoms. The standard InChI is InChI=1S/C48H55N13O5/c1-6-58-37(19-27(3)55-58)45-51-25-35-33-21-29(43(49)62)23-39(64-5)41(33)60(47(35)53-45)31-9-11-32(12-10-31)61-42-34(36-26-52-46(54-48(36)61)38-20-28(4)56-59(38)7-2)22-30(44(50)63)24-40(42)66-16-8-13-57-14-17-65-18-15-57/h19-26,31-32H,6-18H2,1-5H3,(H2,49,62)(H2,50,63). The maximum Gasteiger partial charge on any atom is 0.248 e. The number of aryl methyl sites for hydroxylation is 4. The largest absolute Gasteiger partial charge is 0.495 e. The Bertz CT molecular complexity index is 3170. The van der Waals surface area contributed by atoms with E-state index in [1.54, 1.807) is 19.2 Å². The molecule has 4 N–H and O–H groups in total. The van der Waals surface area contributed by atoms with Crippen LogP contribution in [0.4, 0.5) is 0 Å². The summed E-state index contributed by atoms with van der Waals surface area (Å²) in [6.07, 6.45) is 7.56. The Balaban J connectivity index is 1.09. The highest BCUT2D eigenvalue weighted by molar-refractivity contribution is 6.13. The zero-order valence-corrected chi connectivity index (χ0v) is 38.1. The minimum Gasteiger partial charge on any atom is -0.495 e. The Labute approximate surface area is 380 Å². The van der Waals surface area contributed by atoms with E-state index < -0.39 is 11.8 Å². The first kappa shape index (κ1) is 43.0. The van der Waals surface area contributed by atoms with Gasteiger partial charge in [-0.15, -0.1) is 0 Å². The van der Waals surface area contributed by atoms with Gasteiger partial charge in [0.25, 0.3) is 0 Å². The van der Waals surface area contributed by atoms with Crippen molar-refractivity contribution in [3.05, 3.63) is 71.3 Å². The summed E-state index contributed by atoms with van der Waals surface area (Å²) in [5.74, 6) is 1.15. The molecule has 0 radical (unpaired) electrons. The summed E-state index contributed by atoms with van der Waals surface area (Å²) in [6, 6.07) is 11.1. The summed E-state index contributed by atoms with van der Waals surface area (Å²) in [6.45, 7) is 13.9. The number of hydrogen-bond acceptors (Lipinski definition) is 12. The minimum atomic E-state index is -0.549. The lowest BCUT2D eigenvalue weighted by Crippen LogP contribution is -2.37. The lowest BCUT2D eigenvalue weighted by Gasteiger charge is -2.32. The van der Waals surface area contributed by atoms with E-state index in [4.69, 9.17) is 50.7 Å². The molecule has 66 heavy (non-hydrogen) atoms. The average Bonchev–Trinajstić information content (AvgIpc) is 4.09. The molecule has 2 aromatic carbocycles. The van der Waals surface area contributed by atoms with E-state index in [2.05, 4.69) is 26.1 Å². The molecule has 18 nitrogen and oxygen atoms in total. The van der Waals surface area contributed by atoms with Crippen LogP contribution < -0.4 is 20.9 Å². The van der Waals surface area contributed by atoms with Crippen LogP contribution in [0.15, 0.2) is 48.8 Å². The van der Waals surface area contributed by atoms with E-state index in [9.17, 15) is 9.59 Å². The van der Waals surface area contributed by atoms with Gasteiger partial charge in [0.2, 0.25) is 11.8 Å². The fourth-order valence-electron chi connectivity index (χ4n) is 10.1. The predicted molar refractivity (Wildman–Crippen MR) is 251 cm³/mol. The molecule has 1 aliphatic carbocycles. The van der Waals surface area contributed by atoms with Crippen molar-refractivity contribution in [2.45, 2.75) is 85.0 Å². The van der Waals surface area contributed by atoms with Gasteiger partial charge in [-0.1, -0.05) is 0 Å². The lowest BCUT2D eigenvalue weighted by atomic mass is 9.90. The molecule has 7 heterocycles. The van der Waals surface area contributed by atoms with E-state index in [1.807, 2.05) is 66.8 Å². The fourth-order valence-corrected chi connectivity index (χ4v) is 10.1. The third kappa shape index (κ3) is 7.56. The molecule has 1 saturated carbocycles. The van der Waals surface area contributed by atoms with Gasteiger partial charge in [0, 0.05) is 89.9 Å². The summed E-state index contributed by atoms with van der Waals surface area (Å²) in [7, 11) is 1.61. The molecule has 0 atom stereocenters. The van der Waals surface area contributed by atoms with Crippen molar-refractivity contribution in [2.75, 3.05) is 46.6 Å². The van der Waals surface area contributed by atoms with Gasteiger partial charge >= 0.3 is 0 Å². The zero-order valence-electron chi connectivity index (χ0n) is 38.1. The Morgan fingerprint density at radius 3 is 1.65 bits per heavy atom. The van der Waals surface area contributed by atoms with E-state index in [0.29, 0.717) is 54.0 Å². The SMILES string of the molecule is CCn1nc(C)cc1-c1ncc2c3cc(C(N)=O)cc(OC)c3n(C3CCC(n4c5nc(-c6cc(C)nn6CC)ncc5c5cc(C(N)=O)cc(OCCCN6CCOCC6)c54)CC3)c2n1.